The summed E-state index contributed by atoms with van der Waals surface area (Å²) in [5.74, 6) is 0.857. The van der Waals surface area contributed by atoms with Crippen molar-refractivity contribution in [2.45, 2.75) is 12.8 Å². The van der Waals surface area contributed by atoms with E-state index in [0.717, 1.165) is 34.7 Å². The monoisotopic (exact) mass is 300 g/mol. The molecular formula is C20H16N2O. The normalized spacial score (nSPS) is 13.7. The zero-order valence-corrected chi connectivity index (χ0v) is 12.6. The van der Waals surface area contributed by atoms with Crippen molar-refractivity contribution in [2.24, 2.45) is 0 Å². The first-order chi connectivity index (χ1) is 11.3. The lowest BCUT2D eigenvalue weighted by Gasteiger charge is -2.28. The van der Waals surface area contributed by atoms with Crippen LogP contribution >= 0.6 is 0 Å². The van der Waals surface area contributed by atoms with Gasteiger partial charge in [-0.25, -0.2) is 4.98 Å². The molecule has 112 valence electrons. The summed E-state index contributed by atoms with van der Waals surface area (Å²) in [4.78, 5) is 19.0. The molecule has 1 aromatic heterocycles. The first-order valence-corrected chi connectivity index (χ1v) is 7.76. The van der Waals surface area contributed by atoms with Gasteiger partial charge >= 0.3 is 0 Å². The molecule has 0 unspecified atom stereocenters. The van der Waals surface area contributed by atoms with Gasteiger partial charge in [-0.05, 0) is 30.2 Å². The molecule has 3 heteroatoms. The molecule has 0 radical (unpaired) electrons. The average Bonchev–Trinajstić information content (AvgIpc) is 2.62. The Bertz CT molecular complexity index is 844. The van der Waals surface area contributed by atoms with E-state index in [-0.39, 0.29) is 5.91 Å². The topological polar surface area (TPSA) is 33.2 Å². The van der Waals surface area contributed by atoms with Crippen LogP contribution in [0.5, 0.6) is 0 Å². The summed E-state index contributed by atoms with van der Waals surface area (Å²) in [6.45, 7) is 0. The van der Waals surface area contributed by atoms with Crippen molar-refractivity contribution in [2.75, 3.05) is 4.90 Å². The van der Waals surface area contributed by atoms with Crippen molar-refractivity contribution in [3.05, 3.63) is 78.4 Å². The summed E-state index contributed by atoms with van der Waals surface area (Å²) >= 11 is 0. The molecule has 0 N–H and O–H groups in total. The fourth-order valence-corrected chi connectivity index (χ4v) is 2.95. The molecule has 4 rings (SSSR count). The van der Waals surface area contributed by atoms with E-state index in [1.54, 1.807) is 4.90 Å². The maximum absolute atomic E-state index is 12.5. The molecule has 3 nitrogen and oxygen atoms in total. The number of aromatic nitrogens is 1. The third kappa shape index (κ3) is 2.50. The minimum absolute atomic E-state index is 0.0985. The number of carbonyl (C=O) groups excluding carboxylic acids is 1. The molecule has 0 saturated heterocycles. The summed E-state index contributed by atoms with van der Waals surface area (Å²) in [5, 5.41) is 0. The fourth-order valence-electron chi connectivity index (χ4n) is 2.95. The van der Waals surface area contributed by atoms with Crippen LogP contribution in [0.3, 0.4) is 0 Å². The molecule has 1 amide bonds. The highest BCUT2D eigenvalue weighted by molar-refractivity contribution is 6.02. The molecular weight excluding hydrogens is 284 g/mol. The zero-order chi connectivity index (χ0) is 15.6. The highest BCUT2D eigenvalue weighted by Crippen LogP contribution is 2.34. The summed E-state index contributed by atoms with van der Waals surface area (Å²) in [7, 11) is 0. The third-order valence-electron chi connectivity index (χ3n) is 4.11. The summed E-state index contributed by atoms with van der Waals surface area (Å²) < 4.78 is 0. The van der Waals surface area contributed by atoms with Crippen molar-refractivity contribution in [1.82, 2.24) is 4.98 Å². The van der Waals surface area contributed by atoms with E-state index in [4.69, 9.17) is 4.98 Å². The Labute approximate surface area is 135 Å². The molecule has 1 aliphatic rings. The van der Waals surface area contributed by atoms with Gasteiger partial charge in [-0.2, -0.15) is 0 Å². The van der Waals surface area contributed by atoms with E-state index in [0.29, 0.717) is 6.42 Å². The van der Waals surface area contributed by atoms with Crippen LogP contribution in [0, 0.1) is 0 Å². The van der Waals surface area contributed by atoms with Gasteiger partial charge in [0, 0.05) is 12.0 Å². The van der Waals surface area contributed by atoms with E-state index in [9.17, 15) is 4.79 Å². The number of para-hydroxylation sites is 1. The van der Waals surface area contributed by atoms with Crippen LogP contribution in [-0.4, -0.2) is 10.9 Å². The van der Waals surface area contributed by atoms with Gasteiger partial charge in [0.25, 0.3) is 0 Å². The number of amides is 1. The second-order valence-electron chi connectivity index (χ2n) is 5.61. The van der Waals surface area contributed by atoms with Crippen LogP contribution in [0.2, 0.25) is 0 Å². The van der Waals surface area contributed by atoms with Crippen LogP contribution in [0.1, 0.15) is 12.0 Å². The van der Waals surface area contributed by atoms with Gasteiger partial charge in [-0.15, -0.1) is 0 Å². The Morgan fingerprint density at radius 2 is 1.48 bits per heavy atom. The van der Waals surface area contributed by atoms with Crippen molar-refractivity contribution in [3.63, 3.8) is 0 Å². The van der Waals surface area contributed by atoms with Crippen molar-refractivity contribution in [3.8, 4) is 11.3 Å². The Kier molecular flexibility index (Phi) is 3.39. The Morgan fingerprint density at radius 1 is 0.783 bits per heavy atom. The number of fused-ring (bicyclic) bond motifs is 1. The van der Waals surface area contributed by atoms with E-state index >= 15 is 0 Å². The molecule has 23 heavy (non-hydrogen) atoms. The van der Waals surface area contributed by atoms with Gasteiger partial charge in [-0.1, -0.05) is 54.6 Å². The number of pyridine rings is 1. The number of benzene rings is 2. The number of aryl methyl sites for hydroxylation is 1. The molecule has 0 spiro atoms. The Morgan fingerprint density at radius 3 is 2.22 bits per heavy atom. The van der Waals surface area contributed by atoms with Gasteiger partial charge in [0.05, 0.1) is 11.4 Å². The number of nitrogens with zero attached hydrogens (tertiary/aromatic N) is 2. The van der Waals surface area contributed by atoms with Crippen LogP contribution in [0.4, 0.5) is 11.5 Å². The maximum Gasteiger partial charge on any atom is 0.233 e. The number of hydrogen-bond acceptors (Lipinski definition) is 2. The van der Waals surface area contributed by atoms with Crippen LogP contribution in [0.25, 0.3) is 11.3 Å². The van der Waals surface area contributed by atoms with Crippen LogP contribution in [0.15, 0.2) is 72.8 Å². The molecule has 2 aromatic carbocycles. The zero-order valence-electron chi connectivity index (χ0n) is 12.6. The predicted molar refractivity (Wildman–Crippen MR) is 91.6 cm³/mol. The van der Waals surface area contributed by atoms with Gasteiger partial charge in [-0.3, -0.25) is 9.69 Å². The van der Waals surface area contributed by atoms with Crippen LogP contribution in [-0.2, 0) is 11.2 Å². The summed E-state index contributed by atoms with van der Waals surface area (Å²) in [5.41, 5.74) is 3.94. The Balaban J connectivity index is 1.85. The molecule has 0 fully saturated rings. The standard InChI is InChI=1S/C20H16N2O/c23-19-14-12-16-11-13-18(15-7-3-1-4-8-15)21-20(16)22(19)17-9-5-2-6-10-17/h1-11,13H,12,14H2. The van der Waals surface area contributed by atoms with Gasteiger partial charge in [0.1, 0.15) is 5.82 Å². The average molecular weight is 300 g/mol. The lowest BCUT2D eigenvalue weighted by atomic mass is 10.0. The minimum Gasteiger partial charge on any atom is -0.274 e. The quantitative estimate of drug-likeness (QED) is 0.704. The third-order valence-corrected chi connectivity index (χ3v) is 4.11. The molecule has 0 saturated carbocycles. The maximum atomic E-state index is 12.5. The first-order valence-electron chi connectivity index (χ1n) is 7.76. The van der Waals surface area contributed by atoms with Gasteiger partial charge in [0.15, 0.2) is 0 Å². The number of rotatable bonds is 2. The van der Waals surface area contributed by atoms with Crippen LogP contribution < -0.4 is 4.90 Å². The fraction of sp³-hybridized carbons (Fsp3) is 0.100. The van der Waals surface area contributed by atoms with E-state index in [1.165, 1.54) is 0 Å². The molecule has 1 aliphatic heterocycles. The SMILES string of the molecule is O=C1CCc2ccc(-c3ccccc3)nc2N1c1ccccc1. The number of carbonyl (C=O) groups is 1. The van der Waals surface area contributed by atoms with Crippen molar-refractivity contribution < 1.29 is 4.79 Å². The number of anilines is 2. The number of hydrogen-bond donors (Lipinski definition) is 0. The highest BCUT2D eigenvalue weighted by Gasteiger charge is 2.27. The molecule has 0 bridgehead atoms. The predicted octanol–water partition coefficient (Wildman–Crippen LogP) is 4.36. The van der Waals surface area contributed by atoms with E-state index in [2.05, 4.69) is 6.07 Å². The molecule has 2 heterocycles. The lowest BCUT2D eigenvalue weighted by Crippen LogP contribution is -2.31. The second kappa shape index (κ2) is 5.69. The smallest absolute Gasteiger partial charge is 0.233 e. The second-order valence-corrected chi connectivity index (χ2v) is 5.61. The highest BCUT2D eigenvalue weighted by atomic mass is 16.2. The van der Waals surface area contributed by atoms with Crippen molar-refractivity contribution >= 4 is 17.4 Å². The molecule has 0 atom stereocenters. The Hall–Kier alpha value is -2.94. The van der Waals surface area contributed by atoms with Gasteiger partial charge < -0.3 is 0 Å². The molecule has 0 aliphatic carbocycles. The van der Waals surface area contributed by atoms with Crippen molar-refractivity contribution in [1.29, 1.82) is 0 Å². The first kappa shape index (κ1) is 13.7. The lowest BCUT2D eigenvalue weighted by molar-refractivity contribution is -0.118. The van der Waals surface area contributed by atoms with E-state index in [1.807, 2.05) is 66.7 Å². The van der Waals surface area contributed by atoms with Gasteiger partial charge in [0.2, 0.25) is 5.91 Å². The summed E-state index contributed by atoms with van der Waals surface area (Å²) in [6, 6.07) is 23.9. The van der Waals surface area contributed by atoms with E-state index < -0.39 is 0 Å². The largest absolute Gasteiger partial charge is 0.274 e. The summed E-state index contributed by atoms with van der Waals surface area (Å²) in [6.07, 6.45) is 1.27. The minimum atomic E-state index is 0.0985. The molecule has 3 aromatic rings.